The third-order valence-corrected chi connectivity index (χ3v) is 8.60. The van der Waals surface area contributed by atoms with Crippen LogP contribution in [0.3, 0.4) is 0 Å². The lowest BCUT2D eigenvalue weighted by Gasteiger charge is -2.53. The summed E-state index contributed by atoms with van der Waals surface area (Å²) >= 11 is 0. The Hall–Kier alpha value is -3.32. The number of hydrogen-bond donors (Lipinski definition) is 5. The summed E-state index contributed by atoms with van der Waals surface area (Å²) in [6, 6.07) is 11.7. The summed E-state index contributed by atoms with van der Waals surface area (Å²) in [7, 11) is -2.19. The van der Waals surface area contributed by atoms with E-state index in [4.69, 9.17) is 5.14 Å². The van der Waals surface area contributed by atoms with Crippen LogP contribution in [0.4, 0.5) is 10.5 Å². The molecule has 2 unspecified atom stereocenters. The molecular weight excluding hydrogens is 516 g/mol. The fourth-order valence-electron chi connectivity index (χ4n) is 5.66. The summed E-state index contributed by atoms with van der Waals surface area (Å²) in [4.78, 5) is 23.3. The molecule has 3 aliphatic rings. The third-order valence-electron chi connectivity index (χ3n) is 7.63. The van der Waals surface area contributed by atoms with E-state index in [9.17, 15) is 13.2 Å². The molecule has 0 aliphatic carbocycles. The van der Waals surface area contributed by atoms with E-state index < -0.39 is 15.8 Å². The molecular formula is C27H36N8O3S. The first kappa shape index (κ1) is 27.3. The second-order valence-corrected chi connectivity index (χ2v) is 11.8. The van der Waals surface area contributed by atoms with Crippen molar-refractivity contribution in [1.29, 1.82) is 0 Å². The summed E-state index contributed by atoms with van der Waals surface area (Å²) in [6.07, 6.45) is 9.63. The average Bonchev–Trinajstić information content (AvgIpc) is 3.39. The Bertz CT molecular complexity index is 1380. The van der Waals surface area contributed by atoms with Gasteiger partial charge in [0.25, 0.3) is 0 Å². The Morgan fingerprint density at radius 3 is 2.69 bits per heavy atom. The van der Waals surface area contributed by atoms with Crippen molar-refractivity contribution >= 4 is 27.6 Å². The number of urea groups is 1. The van der Waals surface area contributed by atoms with Crippen LogP contribution in [0.2, 0.25) is 0 Å². The Labute approximate surface area is 229 Å². The minimum Gasteiger partial charge on any atom is -0.341 e. The maximum absolute atomic E-state index is 11.9. The van der Waals surface area contributed by atoms with E-state index >= 15 is 0 Å². The second kappa shape index (κ2) is 11.4. The standard InChI is InChI=1S/C27H36N8O3S/c1-29-26(36)33-21-8-6-19(7-9-21)23-16-20(10-13-30-23)24-11-14-32-27(12-4-2-3-5-15-35(24)27)34-25-17-22(18-31-25)39(28,37)38/h6-10,13,16-17,24,32H,2-5,11-12,14-15,18H2,1H3,(H,31,34)(H2,28,37,38)(H2,29,33,36). The van der Waals surface area contributed by atoms with Gasteiger partial charge in [0, 0.05) is 43.6 Å². The second-order valence-electron chi connectivity index (χ2n) is 10.2. The van der Waals surface area contributed by atoms with E-state index in [1.165, 1.54) is 12.0 Å². The number of carbonyl (C=O) groups excluding carboxylic acids is 1. The zero-order chi connectivity index (χ0) is 27.5. The molecule has 2 atom stereocenters. The number of primary sulfonamides is 1. The number of nitrogens with two attached hydrogens (primary N) is 1. The summed E-state index contributed by atoms with van der Waals surface area (Å²) in [6.45, 7) is 1.75. The van der Waals surface area contributed by atoms with Crippen LogP contribution in [0, 0.1) is 0 Å². The average molecular weight is 553 g/mol. The number of amides is 2. The smallest absolute Gasteiger partial charge is 0.318 e. The summed E-state index contributed by atoms with van der Waals surface area (Å²) in [5.74, 6) is -0.0121. The number of sulfonamides is 1. The summed E-state index contributed by atoms with van der Waals surface area (Å²) in [5.41, 5.74) is 3.71. The molecule has 5 rings (SSSR count). The first-order chi connectivity index (χ1) is 18.8. The maximum Gasteiger partial charge on any atom is 0.318 e. The Kier molecular flexibility index (Phi) is 7.98. The number of aliphatic imine (C=N–C) groups is 1. The van der Waals surface area contributed by atoms with Gasteiger partial charge in [0.05, 0.1) is 17.1 Å². The van der Waals surface area contributed by atoms with Gasteiger partial charge in [-0.15, -0.1) is 0 Å². The van der Waals surface area contributed by atoms with E-state index in [1.54, 1.807) is 13.1 Å². The van der Waals surface area contributed by atoms with Crippen molar-refractivity contribution in [1.82, 2.24) is 25.8 Å². The summed E-state index contributed by atoms with van der Waals surface area (Å²) in [5, 5.41) is 18.0. The molecule has 39 heavy (non-hydrogen) atoms. The third kappa shape index (κ3) is 6.14. The van der Waals surface area contributed by atoms with Gasteiger partial charge in [-0.2, -0.15) is 0 Å². The van der Waals surface area contributed by atoms with Crippen molar-refractivity contribution in [3.8, 4) is 11.3 Å². The van der Waals surface area contributed by atoms with Gasteiger partial charge in [0.1, 0.15) is 11.6 Å². The molecule has 2 saturated heterocycles. The van der Waals surface area contributed by atoms with Crippen LogP contribution in [0.25, 0.3) is 11.3 Å². The molecule has 4 heterocycles. The molecule has 2 aromatic rings. The molecule has 1 aromatic carbocycles. The molecule has 11 nitrogen and oxygen atoms in total. The predicted octanol–water partition coefficient (Wildman–Crippen LogP) is 2.63. The van der Waals surface area contributed by atoms with Crippen LogP contribution in [0.1, 0.15) is 50.1 Å². The quantitative estimate of drug-likeness (QED) is 0.382. The van der Waals surface area contributed by atoms with Crippen molar-refractivity contribution in [3.05, 3.63) is 59.1 Å². The number of carbonyl (C=O) groups is 1. The van der Waals surface area contributed by atoms with Crippen molar-refractivity contribution in [3.63, 3.8) is 0 Å². The maximum atomic E-state index is 11.9. The topological polar surface area (TPSA) is 154 Å². The molecule has 0 spiro atoms. The largest absolute Gasteiger partial charge is 0.341 e. The molecule has 0 bridgehead atoms. The molecule has 2 amide bonds. The number of hydrogen-bond acceptors (Lipinski definition) is 8. The molecule has 3 aliphatic heterocycles. The zero-order valence-corrected chi connectivity index (χ0v) is 22.9. The molecule has 208 valence electrons. The number of benzene rings is 1. The SMILES string of the molecule is CNC(=O)Nc1ccc(-c2cc(C3CCNC4(NC5=NCC(S(N)(=O)=O)=C5)CCCCCCN34)ccn2)cc1. The number of aromatic nitrogens is 1. The number of pyridine rings is 1. The lowest BCUT2D eigenvalue weighted by molar-refractivity contribution is -0.0441. The van der Waals surface area contributed by atoms with E-state index in [1.807, 2.05) is 30.5 Å². The van der Waals surface area contributed by atoms with Gasteiger partial charge in [-0.3, -0.25) is 20.2 Å². The van der Waals surface area contributed by atoms with Crippen molar-refractivity contribution in [2.75, 3.05) is 32.0 Å². The van der Waals surface area contributed by atoms with Gasteiger partial charge < -0.3 is 16.0 Å². The van der Waals surface area contributed by atoms with Crippen LogP contribution in [0.5, 0.6) is 0 Å². The van der Waals surface area contributed by atoms with Crippen molar-refractivity contribution < 1.29 is 13.2 Å². The number of fused-ring (bicyclic) bond motifs is 1. The van der Waals surface area contributed by atoms with E-state index in [-0.39, 0.29) is 23.5 Å². The van der Waals surface area contributed by atoms with E-state index in [0.717, 1.165) is 56.5 Å². The fourth-order valence-corrected chi connectivity index (χ4v) is 6.18. The lowest BCUT2D eigenvalue weighted by Crippen LogP contribution is -2.72. The highest BCUT2D eigenvalue weighted by molar-refractivity contribution is 7.93. The lowest BCUT2D eigenvalue weighted by atomic mass is 9.91. The predicted molar refractivity (Wildman–Crippen MR) is 152 cm³/mol. The first-order valence-corrected chi connectivity index (χ1v) is 14.9. The number of rotatable bonds is 5. The number of nitrogens with one attached hydrogen (secondary N) is 4. The zero-order valence-electron chi connectivity index (χ0n) is 22.1. The highest BCUT2D eigenvalue weighted by Crippen LogP contribution is 2.37. The Morgan fingerprint density at radius 1 is 1.15 bits per heavy atom. The van der Waals surface area contributed by atoms with Crippen LogP contribution in [-0.2, 0) is 10.0 Å². The van der Waals surface area contributed by atoms with E-state index in [0.29, 0.717) is 11.5 Å². The van der Waals surface area contributed by atoms with Gasteiger partial charge in [-0.1, -0.05) is 25.0 Å². The van der Waals surface area contributed by atoms with Crippen molar-refractivity contribution in [2.24, 2.45) is 10.1 Å². The van der Waals surface area contributed by atoms with Gasteiger partial charge in [-0.25, -0.2) is 18.4 Å². The molecule has 0 radical (unpaired) electrons. The monoisotopic (exact) mass is 552 g/mol. The molecule has 12 heteroatoms. The Balaban J connectivity index is 1.42. The minimum atomic E-state index is -3.77. The molecule has 6 N–H and O–H groups in total. The number of amidine groups is 1. The van der Waals surface area contributed by atoms with Crippen LogP contribution >= 0.6 is 0 Å². The first-order valence-electron chi connectivity index (χ1n) is 13.4. The minimum absolute atomic E-state index is 0.0613. The summed E-state index contributed by atoms with van der Waals surface area (Å²) < 4.78 is 23.7. The fraction of sp³-hybridized carbons (Fsp3) is 0.444. The van der Waals surface area contributed by atoms with Gasteiger partial charge in [0.2, 0.25) is 10.0 Å². The van der Waals surface area contributed by atoms with Crippen LogP contribution in [-0.4, -0.2) is 62.6 Å². The number of nitrogens with zero attached hydrogens (tertiary/aromatic N) is 3. The molecule has 1 aromatic heterocycles. The van der Waals surface area contributed by atoms with Gasteiger partial charge in [0.15, 0.2) is 0 Å². The van der Waals surface area contributed by atoms with Gasteiger partial charge >= 0.3 is 6.03 Å². The normalized spacial score (nSPS) is 24.0. The highest BCUT2D eigenvalue weighted by Gasteiger charge is 2.44. The van der Waals surface area contributed by atoms with Gasteiger partial charge in [-0.05, 0) is 61.6 Å². The van der Waals surface area contributed by atoms with Crippen LogP contribution < -0.4 is 26.4 Å². The molecule has 0 saturated carbocycles. The number of anilines is 1. The molecule has 2 fully saturated rings. The van der Waals surface area contributed by atoms with Crippen LogP contribution in [0.15, 0.2) is 58.6 Å². The Morgan fingerprint density at radius 2 is 1.95 bits per heavy atom. The van der Waals surface area contributed by atoms with E-state index in [2.05, 4.69) is 48.3 Å². The van der Waals surface area contributed by atoms with Crippen molar-refractivity contribution in [2.45, 2.75) is 50.4 Å². The highest BCUT2D eigenvalue weighted by atomic mass is 32.2.